The summed E-state index contributed by atoms with van der Waals surface area (Å²) in [7, 11) is -1.24. The Hall–Kier alpha value is -4.64. The molecule has 1 atom stereocenters. The zero-order chi connectivity index (χ0) is 36.9. The van der Waals surface area contributed by atoms with Gasteiger partial charge in [-0.1, -0.05) is 65.2 Å². The zero-order valence-corrected chi connectivity index (χ0v) is 33.0. The quantitative estimate of drug-likeness (QED) is 0.102. The number of rotatable bonds is 9. The third-order valence-corrected chi connectivity index (χ3v) is 10.7. The molecule has 4 rings (SSSR count). The summed E-state index contributed by atoms with van der Waals surface area (Å²) in [6.45, 7) is 17.3. The van der Waals surface area contributed by atoms with Gasteiger partial charge in [0.15, 0.2) is 0 Å². The van der Waals surface area contributed by atoms with Gasteiger partial charge in [0.2, 0.25) is 0 Å². The predicted octanol–water partition coefficient (Wildman–Crippen LogP) is 11.0. The summed E-state index contributed by atoms with van der Waals surface area (Å²) in [4.78, 5) is 23.1. The predicted molar refractivity (Wildman–Crippen MR) is 215 cm³/mol. The second kappa shape index (κ2) is 22.9. The van der Waals surface area contributed by atoms with E-state index in [0.29, 0.717) is 47.7 Å². The van der Waals surface area contributed by atoms with Crippen LogP contribution in [0.1, 0.15) is 37.0 Å². The molecule has 0 saturated carbocycles. The van der Waals surface area contributed by atoms with Crippen molar-refractivity contribution in [1.82, 2.24) is 9.97 Å². The van der Waals surface area contributed by atoms with Crippen LogP contribution in [0.4, 0.5) is 5.69 Å². The van der Waals surface area contributed by atoms with Crippen LogP contribution in [0.3, 0.4) is 0 Å². The Kier molecular flexibility index (Phi) is 19.0. The largest absolute Gasteiger partial charge is 0.462 e. The van der Waals surface area contributed by atoms with E-state index in [-0.39, 0.29) is 6.61 Å². The number of halogens is 2. The van der Waals surface area contributed by atoms with Gasteiger partial charge < -0.3 is 10.5 Å². The topological polar surface area (TPSA) is 95.2 Å². The second-order valence-electron chi connectivity index (χ2n) is 9.12. The summed E-state index contributed by atoms with van der Waals surface area (Å²) >= 11 is 9.33. The summed E-state index contributed by atoms with van der Waals surface area (Å²) in [6.07, 6.45) is 5.06. The van der Waals surface area contributed by atoms with Gasteiger partial charge in [-0.15, -0.1) is 22.7 Å². The highest BCUT2D eigenvalue weighted by Crippen LogP contribution is 2.46. The number of fused-ring (bicyclic) bond motifs is 1. The highest BCUT2D eigenvalue weighted by atomic mass is 79.9. The van der Waals surface area contributed by atoms with Crippen molar-refractivity contribution in [3.63, 3.8) is 0 Å². The average molecular weight is 846 g/mol. The summed E-state index contributed by atoms with van der Waals surface area (Å²) < 4.78 is 20.7. The van der Waals surface area contributed by atoms with Crippen LogP contribution >= 0.6 is 54.5 Å². The first-order chi connectivity index (χ1) is 24.2. The van der Waals surface area contributed by atoms with E-state index in [1.54, 1.807) is 19.2 Å². The van der Waals surface area contributed by atoms with Gasteiger partial charge in [0, 0.05) is 32.8 Å². The lowest BCUT2D eigenvalue weighted by Gasteiger charge is -2.15. The molecule has 11 heteroatoms. The maximum Gasteiger partial charge on any atom is 0.341 e. The number of nitrogens with two attached hydrogens (primary N) is 1. The van der Waals surface area contributed by atoms with Crippen LogP contribution in [0.25, 0.3) is 32.0 Å². The number of ether oxygens (including phenoxy) is 1. The van der Waals surface area contributed by atoms with E-state index in [2.05, 4.69) is 127 Å². The highest BCUT2D eigenvalue weighted by Gasteiger charge is 2.29. The minimum atomic E-state index is -1.24. The lowest BCUT2D eigenvalue weighted by atomic mass is 9.95. The van der Waals surface area contributed by atoms with E-state index < -0.39 is 16.8 Å². The monoisotopic (exact) mass is 843 g/mol. The van der Waals surface area contributed by atoms with Gasteiger partial charge in [0.25, 0.3) is 0 Å². The van der Waals surface area contributed by atoms with E-state index in [9.17, 15) is 9.00 Å². The third kappa shape index (κ3) is 12.4. The summed E-state index contributed by atoms with van der Waals surface area (Å²) in [6, 6.07) is 7.64. The van der Waals surface area contributed by atoms with Crippen molar-refractivity contribution in [3.8, 4) is 21.8 Å². The van der Waals surface area contributed by atoms with Gasteiger partial charge in [0.1, 0.15) is 19.7 Å². The van der Waals surface area contributed by atoms with E-state index in [4.69, 9.17) is 15.5 Å². The molecule has 1 aromatic carbocycles. The second-order valence-corrected chi connectivity index (χ2v) is 14.5. The van der Waals surface area contributed by atoms with Crippen molar-refractivity contribution >= 4 is 87.2 Å². The van der Waals surface area contributed by atoms with Gasteiger partial charge in [-0.05, 0) is 113 Å². The van der Waals surface area contributed by atoms with Gasteiger partial charge in [0.05, 0.1) is 33.1 Å². The van der Waals surface area contributed by atoms with Gasteiger partial charge in [-0.25, -0.2) is 14.8 Å². The molecule has 0 bridgehead atoms. The fraction of sp³-hybridized carbons (Fsp3) is 0.154. The molecule has 0 fully saturated rings. The van der Waals surface area contributed by atoms with Crippen LogP contribution < -0.4 is 5.73 Å². The number of anilines is 1. The Labute approximate surface area is 319 Å². The van der Waals surface area contributed by atoms with Crippen LogP contribution in [0.2, 0.25) is 0 Å². The number of aromatic nitrogens is 2. The molecule has 0 spiro atoms. The maximum atomic E-state index is 13.3. The Morgan fingerprint density at radius 2 is 1.68 bits per heavy atom. The van der Waals surface area contributed by atoms with E-state index in [1.165, 1.54) is 22.7 Å². The Bertz CT molecular complexity index is 2240. The van der Waals surface area contributed by atoms with Gasteiger partial charge >= 0.3 is 5.97 Å². The van der Waals surface area contributed by atoms with Crippen molar-refractivity contribution in [3.05, 3.63) is 140 Å². The smallest absolute Gasteiger partial charge is 0.341 e. The molecule has 0 amide bonds. The van der Waals surface area contributed by atoms with Crippen LogP contribution in [0.15, 0.2) is 139 Å². The lowest BCUT2D eigenvalue weighted by molar-refractivity contribution is 0.0528. The number of unbranched alkanes of at least 4 members (excludes halogenated alkanes) is 1. The Morgan fingerprint density at radius 1 is 1.04 bits per heavy atom. The first kappa shape index (κ1) is 41.5. The van der Waals surface area contributed by atoms with Crippen molar-refractivity contribution in [2.45, 2.75) is 30.9 Å². The third-order valence-electron chi connectivity index (χ3n) is 5.86. The first-order valence-electron chi connectivity index (χ1n) is 14.6. The van der Waals surface area contributed by atoms with Gasteiger partial charge in [-0.3, -0.25) is 4.21 Å². The highest BCUT2D eigenvalue weighted by molar-refractivity contribution is 9.11. The number of pyridine rings is 1. The normalized spacial score (nSPS) is 9.60. The number of thiazole rings is 1. The SMILES string of the molecule is C=C=C=C=C=C=C.C=C=C=C=C=C=C(Br)C=C.CCCCS(=O)c1sc2nc(-c3nccs3)c(C(=O)OCC)c(-c3ccc(Br)cc3)c2c1N. The molecule has 1 unspecified atom stereocenters. The van der Waals surface area contributed by atoms with Crippen molar-refractivity contribution in [2.24, 2.45) is 0 Å². The maximum absolute atomic E-state index is 13.3. The van der Waals surface area contributed by atoms with Crippen molar-refractivity contribution in [2.75, 3.05) is 18.1 Å². The molecule has 2 N–H and O–H groups in total. The molecule has 6 nitrogen and oxygen atoms in total. The standard InChI is InChI=1S/C23H22BrN3O3S3.C9H5Br.C7H4/c1-3-5-12-33(29)23-18(25)16-15(13-6-8-14(24)9-7-13)17(22(28)30-4-2)19(27-20(16)32-23)21-26-10-11-31-21;1-3-5-6-7-8-9(10)4-2;1-3-5-7-6-4-2/h6-11H,3-5,12,25H2,1-2H3;4H,1-2H2;1-2H2. The molecule has 3 heterocycles. The molecular formula is C39H31Br2N3O3S3. The fourth-order valence-corrected chi connectivity index (χ4v) is 7.58. The molecule has 4 aromatic rings. The number of thiophene rings is 1. The molecule has 0 radical (unpaired) electrons. The minimum Gasteiger partial charge on any atom is -0.462 e. The molecule has 0 aliphatic rings. The van der Waals surface area contributed by atoms with E-state index in [1.807, 2.05) is 29.6 Å². The number of esters is 1. The number of carbonyl (C=O) groups is 1. The van der Waals surface area contributed by atoms with Crippen LogP contribution in [0.5, 0.6) is 0 Å². The Morgan fingerprint density at radius 3 is 2.22 bits per heavy atom. The Balaban J connectivity index is 0.000000422. The number of carbonyl (C=O) groups excluding carboxylic acids is 1. The number of hydrogen-bond donors (Lipinski definition) is 1. The average Bonchev–Trinajstić information content (AvgIpc) is 3.78. The summed E-state index contributed by atoms with van der Waals surface area (Å²) in [5.41, 5.74) is 33.8. The molecule has 252 valence electrons. The van der Waals surface area contributed by atoms with E-state index in [0.717, 1.165) is 27.4 Å². The molecule has 3 aromatic heterocycles. The molecule has 0 aliphatic carbocycles. The van der Waals surface area contributed by atoms with Crippen LogP contribution in [0, 0.1) is 0 Å². The number of allylic oxidation sites excluding steroid dienone is 2. The van der Waals surface area contributed by atoms with E-state index >= 15 is 0 Å². The van der Waals surface area contributed by atoms with Crippen LogP contribution in [-0.4, -0.2) is 32.5 Å². The molecule has 0 aliphatic heterocycles. The van der Waals surface area contributed by atoms with Crippen molar-refractivity contribution in [1.29, 1.82) is 0 Å². The lowest BCUT2D eigenvalue weighted by Crippen LogP contribution is -2.10. The van der Waals surface area contributed by atoms with Gasteiger partial charge in [-0.2, -0.15) is 0 Å². The summed E-state index contributed by atoms with van der Waals surface area (Å²) in [5, 5.41) is 3.08. The van der Waals surface area contributed by atoms with Crippen molar-refractivity contribution < 1.29 is 13.7 Å². The molecule has 0 saturated heterocycles. The zero-order valence-electron chi connectivity index (χ0n) is 27.4. The summed E-state index contributed by atoms with van der Waals surface area (Å²) in [5.74, 6) is 0.0415. The number of nitrogen functional groups attached to an aromatic ring is 1. The molecule has 50 heavy (non-hydrogen) atoms. The number of hydrogen-bond acceptors (Lipinski definition) is 8. The first-order valence-corrected chi connectivity index (χ1v) is 19.2. The van der Waals surface area contributed by atoms with Crippen LogP contribution in [-0.2, 0) is 15.5 Å². The fourth-order valence-electron chi connectivity index (χ4n) is 3.81. The minimum absolute atomic E-state index is 0.222. The number of nitrogens with zero attached hydrogens (tertiary/aromatic N) is 2. The number of benzene rings is 1. The molecular weight excluding hydrogens is 814 g/mol.